The molecular weight excluding hydrogens is 368 g/mol. The van der Waals surface area contributed by atoms with Crippen LogP contribution in [0.4, 0.5) is 5.95 Å². The van der Waals surface area contributed by atoms with Crippen molar-refractivity contribution in [3.63, 3.8) is 0 Å². The van der Waals surface area contributed by atoms with E-state index in [0.717, 1.165) is 24.1 Å². The zero-order chi connectivity index (χ0) is 20.4. The Morgan fingerprint density at radius 1 is 1.24 bits per heavy atom. The second-order valence-electron chi connectivity index (χ2n) is 7.47. The Hall–Kier alpha value is -3.42. The fourth-order valence-electron chi connectivity index (χ4n) is 4.00. The zero-order valence-electron chi connectivity index (χ0n) is 16.3. The van der Waals surface area contributed by atoms with Crippen LogP contribution in [0.1, 0.15) is 35.7 Å². The maximum absolute atomic E-state index is 12.6. The van der Waals surface area contributed by atoms with Crippen molar-refractivity contribution in [1.82, 2.24) is 25.1 Å². The van der Waals surface area contributed by atoms with Gasteiger partial charge >= 0.3 is 0 Å². The average Bonchev–Trinajstić information content (AvgIpc) is 3.17. The van der Waals surface area contributed by atoms with E-state index in [-0.39, 0.29) is 23.8 Å². The van der Waals surface area contributed by atoms with Crippen molar-refractivity contribution in [1.29, 1.82) is 0 Å². The minimum absolute atomic E-state index is 0.0296. The molecule has 29 heavy (non-hydrogen) atoms. The molecule has 8 nitrogen and oxygen atoms in total. The molecule has 3 heterocycles. The lowest BCUT2D eigenvalue weighted by Gasteiger charge is -2.32. The number of aromatic amines is 2. The van der Waals surface area contributed by atoms with E-state index in [2.05, 4.69) is 39.2 Å². The van der Waals surface area contributed by atoms with Crippen LogP contribution in [0.5, 0.6) is 0 Å². The number of nitrogens with zero attached hydrogens (tertiary/aromatic N) is 3. The summed E-state index contributed by atoms with van der Waals surface area (Å²) in [4.78, 5) is 32.4. The summed E-state index contributed by atoms with van der Waals surface area (Å²) in [5.74, 6) is 0.316. The molecule has 4 N–H and O–H groups in total. The largest absolute Gasteiger partial charge is 0.369 e. The summed E-state index contributed by atoms with van der Waals surface area (Å²) in [6.45, 7) is 3.42. The van der Waals surface area contributed by atoms with Gasteiger partial charge in [-0.25, -0.2) is 4.98 Å². The molecule has 0 saturated carbocycles. The maximum atomic E-state index is 12.6. The number of aromatic nitrogens is 4. The molecule has 0 bridgehead atoms. The van der Waals surface area contributed by atoms with E-state index in [4.69, 9.17) is 5.73 Å². The molecule has 1 amide bonds. The first kappa shape index (κ1) is 18.9. The summed E-state index contributed by atoms with van der Waals surface area (Å²) in [5, 5.41) is 7.47. The number of H-pyrrole nitrogens is 2. The minimum Gasteiger partial charge on any atom is -0.369 e. The fourth-order valence-corrected chi connectivity index (χ4v) is 4.00. The molecule has 1 saturated heterocycles. The molecule has 1 aliphatic rings. The molecule has 2 aromatic heterocycles. The van der Waals surface area contributed by atoms with Gasteiger partial charge in [0.05, 0.1) is 18.3 Å². The third-order valence-electron chi connectivity index (χ3n) is 5.51. The highest BCUT2D eigenvalue weighted by molar-refractivity contribution is 5.78. The second kappa shape index (κ2) is 7.90. The monoisotopic (exact) mass is 392 g/mol. The number of hydrogen-bond donors (Lipinski definition) is 3. The number of nitrogen functional groups attached to an aromatic ring is 1. The van der Waals surface area contributed by atoms with Crippen LogP contribution in [0.3, 0.4) is 0 Å². The molecule has 3 aromatic rings. The van der Waals surface area contributed by atoms with Gasteiger partial charge in [-0.15, -0.1) is 0 Å². The van der Waals surface area contributed by atoms with Crippen LogP contribution >= 0.6 is 0 Å². The van der Waals surface area contributed by atoms with Gasteiger partial charge in [0.15, 0.2) is 0 Å². The first-order valence-corrected chi connectivity index (χ1v) is 9.74. The van der Waals surface area contributed by atoms with Gasteiger partial charge < -0.3 is 10.6 Å². The highest BCUT2D eigenvalue weighted by atomic mass is 16.2. The number of carbonyl (C=O) groups excluding carboxylic acids is 1. The number of benzene rings is 1. The number of carbonyl (C=O) groups is 1. The Morgan fingerprint density at radius 2 is 2.00 bits per heavy atom. The van der Waals surface area contributed by atoms with Crippen LogP contribution in [-0.4, -0.2) is 44.1 Å². The van der Waals surface area contributed by atoms with E-state index in [1.165, 1.54) is 17.2 Å². The molecule has 0 unspecified atom stereocenters. The predicted molar refractivity (Wildman–Crippen MR) is 110 cm³/mol. The summed E-state index contributed by atoms with van der Waals surface area (Å²) >= 11 is 0. The van der Waals surface area contributed by atoms with Gasteiger partial charge in [-0.2, -0.15) is 5.10 Å². The average molecular weight is 392 g/mol. The van der Waals surface area contributed by atoms with Crippen molar-refractivity contribution in [2.45, 2.75) is 32.1 Å². The number of likely N-dealkylation sites (tertiary alicyclic amines) is 1. The summed E-state index contributed by atoms with van der Waals surface area (Å²) < 4.78 is 0. The van der Waals surface area contributed by atoms with Gasteiger partial charge in [-0.3, -0.25) is 19.7 Å². The van der Waals surface area contributed by atoms with E-state index in [9.17, 15) is 9.59 Å². The Labute approximate surface area is 168 Å². The van der Waals surface area contributed by atoms with Crippen molar-refractivity contribution >= 4 is 11.9 Å². The van der Waals surface area contributed by atoms with Gasteiger partial charge in [-0.05, 0) is 30.9 Å². The lowest BCUT2D eigenvalue weighted by Crippen LogP contribution is -2.39. The zero-order valence-corrected chi connectivity index (χ0v) is 16.3. The number of hydrogen-bond acceptors (Lipinski definition) is 5. The highest BCUT2D eigenvalue weighted by Crippen LogP contribution is 2.35. The number of aryl methyl sites for hydroxylation is 1. The van der Waals surface area contributed by atoms with E-state index < -0.39 is 0 Å². The summed E-state index contributed by atoms with van der Waals surface area (Å²) in [5.41, 5.74) is 10.3. The number of nitrogens with two attached hydrogens (primary N) is 1. The standard InChI is InChI=1S/C21H24N6O2/c1-13-4-2-3-5-16(13)17-12-23-26-20(17)14-6-8-27(9-7-14)19(29)11-15-10-18(28)25-21(22)24-15/h2-5,10,12,14H,6-9,11H2,1H3,(H,23,26)(H3,22,24,25,28). The van der Waals surface area contributed by atoms with Gasteiger partial charge in [0.25, 0.3) is 5.56 Å². The first-order chi connectivity index (χ1) is 14.0. The normalized spacial score (nSPS) is 14.9. The number of rotatable bonds is 4. The quantitative estimate of drug-likeness (QED) is 0.627. The molecule has 1 fully saturated rings. The molecular formula is C21H24N6O2. The van der Waals surface area contributed by atoms with Crippen molar-refractivity contribution in [3.05, 3.63) is 63.8 Å². The number of amides is 1. The van der Waals surface area contributed by atoms with Crippen molar-refractivity contribution < 1.29 is 4.79 Å². The Morgan fingerprint density at radius 3 is 2.72 bits per heavy atom. The second-order valence-corrected chi connectivity index (χ2v) is 7.47. The van der Waals surface area contributed by atoms with E-state index in [1.807, 2.05) is 23.2 Å². The number of nitrogens with one attached hydrogen (secondary N) is 2. The van der Waals surface area contributed by atoms with Crippen LogP contribution in [0.2, 0.25) is 0 Å². The first-order valence-electron chi connectivity index (χ1n) is 9.74. The van der Waals surface area contributed by atoms with Crippen LogP contribution in [0, 0.1) is 6.92 Å². The molecule has 0 spiro atoms. The minimum atomic E-state index is -0.345. The lowest BCUT2D eigenvalue weighted by atomic mass is 9.88. The molecule has 8 heteroatoms. The summed E-state index contributed by atoms with van der Waals surface area (Å²) in [6.07, 6.45) is 3.69. The van der Waals surface area contributed by atoms with Crippen LogP contribution < -0.4 is 11.3 Å². The molecule has 0 atom stereocenters. The molecule has 150 valence electrons. The maximum Gasteiger partial charge on any atom is 0.252 e. The van der Waals surface area contributed by atoms with Crippen molar-refractivity contribution in [2.24, 2.45) is 0 Å². The highest BCUT2D eigenvalue weighted by Gasteiger charge is 2.27. The third-order valence-corrected chi connectivity index (χ3v) is 5.51. The van der Waals surface area contributed by atoms with E-state index in [1.54, 1.807) is 0 Å². The van der Waals surface area contributed by atoms with Crippen molar-refractivity contribution in [3.8, 4) is 11.1 Å². The van der Waals surface area contributed by atoms with Crippen LogP contribution in [0.25, 0.3) is 11.1 Å². The smallest absolute Gasteiger partial charge is 0.252 e. The number of piperidine rings is 1. The lowest BCUT2D eigenvalue weighted by molar-refractivity contribution is -0.131. The molecule has 0 radical (unpaired) electrons. The van der Waals surface area contributed by atoms with Crippen LogP contribution in [0.15, 0.2) is 41.3 Å². The van der Waals surface area contributed by atoms with Gasteiger partial charge in [-0.1, -0.05) is 24.3 Å². The fraction of sp³-hybridized carbons (Fsp3) is 0.333. The molecule has 4 rings (SSSR count). The van der Waals surface area contributed by atoms with E-state index >= 15 is 0 Å². The van der Waals surface area contributed by atoms with Gasteiger partial charge in [0, 0.05) is 36.3 Å². The van der Waals surface area contributed by atoms with Gasteiger partial charge in [0.1, 0.15) is 0 Å². The summed E-state index contributed by atoms with van der Waals surface area (Å²) in [7, 11) is 0. The van der Waals surface area contributed by atoms with Gasteiger partial charge in [0.2, 0.25) is 11.9 Å². The molecule has 1 aliphatic heterocycles. The number of anilines is 1. The Balaban J connectivity index is 1.43. The predicted octanol–water partition coefficient (Wildman–Crippen LogP) is 2.00. The molecule has 0 aliphatic carbocycles. The molecule has 1 aromatic carbocycles. The Kier molecular flexibility index (Phi) is 5.16. The van der Waals surface area contributed by atoms with Crippen LogP contribution in [-0.2, 0) is 11.2 Å². The Bertz CT molecular complexity index is 1080. The summed E-state index contributed by atoms with van der Waals surface area (Å²) in [6, 6.07) is 9.60. The SMILES string of the molecule is Cc1ccccc1-c1cn[nH]c1C1CCN(C(=O)Cc2cc(=O)[nH]c(N)n2)CC1. The van der Waals surface area contributed by atoms with Crippen molar-refractivity contribution in [2.75, 3.05) is 18.8 Å². The third kappa shape index (κ3) is 4.06. The van der Waals surface area contributed by atoms with E-state index in [0.29, 0.717) is 24.7 Å². The topological polar surface area (TPSA) is 121 Å².